The maximum Gasteiger partial charge on any atom is 0.124 e. The Balaban J connectivity index is 1.84. The van der Waals surface area contributed by atoms with E-state index in [1.165, 1.54) is 0 Å². The van der Waals surface area contributed by atoms with E-state index >= 15 is 0 Å². The minimum atomic E-state index is -0.388. The molecule has 0 radical (unpaired) electrons. The summed E-state index contributed by atoms with van der Waals surface area (Å²) in [6, 6.07) is 6.21. The first-order valence-corrected chi connectivity index (χ1v) is 10.3. The van der Waals surface area contributed by atoms with Gasteiger partial charge in [0, 0.05) is 57.9 Å². The molecule has 1 aromatic carbocycles. The third-order valence-electron chi connectivity index (χ3n) is 5.54. The van der Waals surface area contributed by atoms with Crippen molar-refractivity contribution in [3.05, 3.63) is 23.8 Å². The molecule has 0 amide bonds. The van der Waals surface area contributed by atoms with Crippen molar-refractivity contribution < 1.29 is 19.7 Å². The van der Waals surface area contributed by atoms with Gasteiger partial charge in [0.2, 0.25) is 0 Å². The second-order valence-electron chi connectivity index (χ2n) is 8.17. The van der Waals surface area contributed by atoms with Crippen molar-refractivity contribution in [2.45, 2.75) is 38.6 Å². The summed E-state index contributed by atoms with van der Waals surface area (Å²) >= 11 is 0. The van der Waals surface area contributed by atoms with E-state index in [4.69, 9.17) is 9.47 Å². The minimum Gasteiger partial charge on any atom is -0.497 e. The van der Waals surface area contributed by atoms with Crippen LogP contribution in [0.15, 0.2) is 18.2 Å². The fraction of sp³-hybridized carbons (Fsp3) is 0.714. The van der Waals surface area contributed by atoms with Gasteiger partial charge in [-0.05, 0) is 32.0 Å². The van der Waals surface area contributed by atoms with Crippen LogP contribution in [0.4, 0.5) is 0 Å². The Labute approximate surface area is 168 Å². The fourth-order valence-electron chi connectivity index (χ4n) is 4.16. The molecule has 0 aliphatic carbocycles. The molecule has 28 heavy (non-hydrogen) atoms. The highest BCUT2D eigenvalue weighted by molar-refractivity contribution is 5.40. The highest BCUT2D eigenvalue weighted by Crippen LogP contribution is 2.28. The Bertz CT molecular complexity index is 626. The summed E-state index contributed by atoms with van der Waals surface area (Å²) in [5.74, 6) is 1.75. The van der Waals surface area contributed by atoms with Gasteiger partial charge in [0.15, 0.2) is 0 Å². The van der Waals surface area contributed by atoms with Crippen molar-refractivity contribution >= 4 is 0 Å². The number of nitrogens with zero attached hydrogens (tertiary/aromatic N) is 3. The first kappa shape index (κ1) is 21.3. The van der Waals surface area contributed by atoms with E-state index in [-0.39, 0.29) is 18.2 Å². The lowest BCUT2D eigenvalue weighted by Gasteiger charge is -2.37. The van der Waals surface area contributed by atoms with Crippen LogP contribution in [0.2, 0.25) is 0 Å². The summed E-state index contributed by atoms with van der Waals surface area (Å²) in [6.07, 6.45) is -0.736. The molecule has 0 aromatic heterocycles. The normalized spacial score (nSPS) is 26.5. The van der Waals surface area contributed by atoms with E-state index in [0.717, 1.165) is 56.3 Å². The molecule has 2 bridgehead atoms. The van der Waals surface area contributed by atoms with E-state index in [0.29, 0.717) is 19.7 Å². The Morgan fingerprint density at radius 3 is 2.57 bits per heavy atom. The lowest BCUT2D eigenvalue weighted by molar-refractivity contribution is 0.0516. The predicted octanol–water partition coefficient (Wildman–Crippen LogP) is 0.637. The van der Waals surface area contributed by atoms with Crippen molar-refractivity contribution in [3.8, 4) is 11.5 Å². The lowest BCUT2D eigenvalue weighted by atomic mass is 10.1. The van der Waals surface area contributed by atoms with Crippen LogP contribution in [-0.4, -0.2) is 103 Å². The quantitative estimate of drug-likeness (QED) is 0.761. The van der Waals surface area contributed by atoms with E-state index in [9.17, 15) is 10.2 Å². The molecule has 0 saturated carbocycles. The number of aliphatic hydroxyl groups excluding tert-OH is 2. The molecular weight excluding hydrogens is 358 g/mol. The summed E-state index contributed by atoms with van der Waals surface area (Å²) in [7, 11) is 1.68. The highest BCUT2D eigenvalue weighted by Gasteiger charge is 2.29. The third-order valence-corrected chi connectivity index (χ3v) is 5.54. The summed E-state index contributed by atoms with van der Waals surface area (Å²) in [6.45, 7) is 10.8. The molecular formula is C21H35N3O4. The monoisotopic (exact) mass is 393 g/mol. The second-order valence-corrected chi connectivity index (χ2v) is 8.17. The highest BCUT2D eigenvalue weighted by atomic mass is 16.5. The Kier molecular flexibility index (Phi) is 7.54. The largest absolute Gasteiger partial charge is 0.497 e. The maximum atomic E-state index is 10.0. The number of ether oxygens (including phenoxy) is 2. The Hall–Kier alpha value is -1.38. The van der Waals surface area contributed by atoms with Crippen molar-refractivity contribution in [1.82, 2.24) is 14.7 Å². The van der Waals surface area contributed by atoms with Gasteiger partial charge >= 0.3 is 0 Å². The number of fused-ring (bicyclic) bond motifs is 3. The molecule has 1 saturated heterocycles. The van der Waals surface area contributed by atoms with Crippen LogP contribution in [0.25, 0.3) is 0 Å². The van der Waals surface area contributed by atoms with Crippen molar-refractivity contribution in [2.24, 2.45) is 0 Å². The average molecular weight is 394 g/mol. The standard InChI is InChI=1S/C21H35N3O4/c1-16(25)11-22-6-7-23-13-18-10-20(27-3)4-5-21(18)28-15-19(14-23)24(9-8-22)12-17(2)26/h4-5,10,16-17,19,25-26H,6-9,11-15H2,1-3H3/t16-,17-,19?/m0/s1. The number of hydrogen-bond donors (Lipinski definition) is 2. The average Bonchev–Trinajstić information content (AvgIpc) is 2.70. The minimum absolute atomic E-state index is 0.219. The molecule has 2 aliphatic heterocycles. The zero-order chi connectivity index (χ0) is 20.1. The Morgan fingerprint density at radius 2 is 1.86 bits per heavy atom. The molecule has 2 heterocycles. The van der Waals surface area contributed by atoms with Crippen LogP contribution in [0.1, 0.15) is 19.4 Å². The number of benzene rings is 1. The van der Waals surface area contributed by atoms with Crippen molar-refractivity contribution in [3.63, 3.8) is 0 Å². The molecule has 158 valence electrons. The molecule has 1 fully saturated rings. The Morgan fingerprint density at radius 1 is 1.11 bits per heavy atom. The van der Waals surface area contributed by atoms with E-state index in [1.54, 1.807) is 7.11 Å². The zero-order valence-corrected chi connectivity index (χ0v) is 17.4. The molecule has 3 rings (SSSR count). The van der Waals surface area contributed by atoms with Crippen LogP contribution in [0.3, 0.4) is 0 Å². The van der Waals surface area contributed by atoms with Crippen LogP contribution in [0, 0.1) is 0 Å². The van der Waals surface area contributed by atoms with Gasteiger partial charge in [-0.2, -0.15) is 0 Å². The SMILES string of the molecule is COc1ccc2c(c1)CN1CCN(C[C@H](C)O)CCN(C[C@H](C)O)C(CO2)C1. The molecule has 7 nitrogen and oxygen atoms in total. The molecule has 1 aromatic rings. The molecule has 0 spiro atoms. The van der Waals surface area contributed by atoms with Gasteiger partial charge in [-0.15, -0.1) is 0 Å². The molecule has 4 atom stereocenters. The second kappa shape index (κ2) is 9.89. The van der Waals surface area contributed by atoms with E-state index < -0.39 is 0 Å². The van der Waals surface area contributed by atoms with Gasteiger partial charge in [-0.3, -0.25) is 14.7 Å². The number of aliphatic hydroxyl groups is 2. The van der Waals surface area contributed by atoms with Gasteiger partial charge in [0.1, 0.15) is 18.1 Å². The number of β-amino-alcohol motifs (C(OH)–C–C–N with tert-alkyl or cyclic N) is 2. The van der Waals surface area contributed by atoms with Gasteiger partial charge in [0.25, 0.3) is 0 Å². The maximum absolute atomic E-state index is 10.0. The van der Waals surface area contributed by atoms with Crippen LogP contribution in [0.5, 0.6) is 11.5 Å². The molecule has 2 unspecified atom stereocenters. The summed E-state index contributed by atoms with van der Waals surface area (Å²) in [5, 5.41) is 19.9. The predicted molar refractivity (Wildman–Crippen MR) is 109 cm³/mol. The number of hydrogen-bond acceptors (Lipinski definition) is 7. The van der Waals surface area contributed by atoms with Crippen LogP contribution >= 0.6 is 0 Å². The van der Waals surface area contributed by atoms with Gasteiger partial charge in [-0.25, -0.2) is 0 Å². The third kappa shape index (κ3) is 5.81. The first-order chi connectivity index (χ1) is 13.4. The molecule has 2 N–H and O–H groups in total. The molecule has 2 aliphatic rings. The van der Waals surface area contributed by atoms with Gasteiger partial charge in [-0.1, -0.05) is 0 Å². The van der Waals surface area contributed by atoms with Crippen molar-refractivity contribution in [2.75, 3.05) is 59.5 Å². The van der Waals surface area contributed by atoms with E-state index in [1.807, 2.05) is 26.0 Å². The van der Waals surface area contributed by atoms with Gasteiger partial charge in [0.05, 0.1) is 25.4 Å². The van der Waals surface area contributed by atoms with Crippen molar-refractivity contribution in [1.29, 1.82) is 0 Å². The lowest BCUT2D eigenvalue weighted by Crippen LogP contribution is -2.50. The summed E-state index contributed by atoms with van der Waals surface area (Å²) in [5.41, 5.74) is 1.14. The zero-order valence-electron chi connectivity index (χ0n) is 17.4. The van der Waals surface area contributed by atoms with E-state index in [2.05, 4.69) is 20.8 Å². The smallest absolute Gasteiger partial charge is 0.124 e. The summed E-state index contributed by atoms with van der Waals surface area (Å²) in [4.78, 5) is 7.12. The summed E-state index contributed by atoms with van der Waals surface area (Å²) < 4.78 is 11.6. The first-order valence-electron chi connectivity index (χ1n) is 10.3. The van der Waals surface area contributed by atoms with Crippen LogP contribution in [-0.2, 0) is 6.54 Å². The fourth-order valence-corrected chi connectivity index (χ4v) is 4.16. The number of rotatable bonds is 5. The van der Waals surface area contributed by atoms with Crippen LogP contribution < -0.4 is 9.47 Å². The molecule has 7 heteroatoms. The number of methoxy groups -OCH3 is 1. The van der Waals surface area contributed by atoms with Gasteiger partial charge < -0.3 is 19.7 Å². The topological polar surface area (TPSA) is 68.6 Å².